The molecule has 1 aliphatic rings. The zero-order chi connectivity index (χ0) is 25.1. The molecule has 0 bridgehead atoms. The van der Waals surface area contributed by atoms with Crippen molar-refractivity contribution in [2.24, 2.45) is 0 Å². The average Bonchev–Trinajstić information content (AvgIpc) is 2.90. The summed E-state index contributed by atoms with van der Waals surface area (Å²) in [6.07, 6.45) is -1.03. The number of benzene rings is 4. The van der Waals surface area contributed by atoms with Crippen LogP contribution in [0.4, 0.5) is 5.69 Å². The Labute approximate surface area is 214 Å². The molecule has 0 saturated heterocycles. The summed E-state index contributed by atoms with van der Waals surface area (Å²) in [5, 5.41) is 5.28. The fourth-order valence-corrected chi connectivity index (χ4v) is 5.67. The van der Waals surface area contributed by atoms with E-state index in [1.807, 2.05) is 42.5 Å². The summed E-state index contributed by atoms with van der Waals surface area (Å²) in [5.74, 6) is 0.612. The summed E-state index contributed by atoms with van der Waals surface area (Å²) in [4.78, 5) is 13.0. The van der Waals surface area contributed by atoms with Crippen molar-refractivity contribution in [3.8, 4) is 11.5 Å². The Kier molecular flexibility index (Phi) is 6.71. The van der Waals surface area contributed by atoms with Gasteiger partial charge in [0.05, 0.1) is 23.7 Å². The van der Waals surface area contributed by atoms with Crippen LogP contribution in [0.1, 0.15) is 0 Å². The molecule has 0 aliphatic carbocycles. The second-order valence-corrected chi connectivity index (χ2v) is 10.5. The molecule has 0 aromatic heterocycles. The van der Waals surface area contributed by atoms with E-state index in [4.69, 9.17) is 21.1 Å². The Morgan fingerprint density at radius 2 is 1.69 bits per heavy atom. The van der Waals surface area contributed by atoms with Gasteiger partial charge in [0.2, 0.25) is 0 Å². The van der Waals surface area contributed by atoms with Gasteiger partial charge in [0.25, 0.3) is 15.9 Å². The molecule has 0 spiro atoms. The molecule has 1 atom stereocenters. The van der Waals surface area contributed by atoms with E-state index in [1.54, 1.807) is 24.3 Å². The minimum atomic E-state index is -3.95. The number of para-hydroxylation sites is 2. The minimum absolute atomic E-state index is 0.0752. The maximum absolute atomic E-state index is 13.4. The molecular weight excluding hydrogens is 500 g/mol. The Balaban J connectivity index is 1.28. The lowest BCUT2D eigenvalue weighted by molar-refractivity contribution is -0.127. The largest absolute Gasteiger partial charge is 0.491 e. The van der Waals surface area contributed by atoms with E-state index < -0.39 is 22.0 Å². The molecule has 1 heterocycles. The average molecular weight is 523 g/mol. The van der Waals surface area contributed by atoms with Gasteiger partial charge >= 0.3 is 0 Å². The molecule has 9 heteroatoms. The van der Waals surface area contributed by atoms with E-state index in [-0.39, 0.29) is 24.6 Å². The second kappa shape index (κ2) is 10.1. The summed E-state index contributed by atoms with van der Waals surface area (Å²) >= 11 is 5.93. The maximum atomic E-state index is 13.4. The molecule has 0 radical (unpaired) electrons. The van der Waals surface area contributed by atoms with E-state index in [9.17, 15) is 13.2 Å². The first-order valence-electron chi connectivity index (χ1n) is 11.4. The van der Waals surface area contributed by atoms with Crippen molar-refractivity contribution in [3.63, 3.8) is 0 Å². The molecule has 184 valence electrons. The number of carbonyl (C=O) groups is 1. The number of sulfonamides is 1. The maximum Gasteiger partial charge on any atom is 0.264 e. The predicted octanol–water partition coefficient (Wildman–Crippen LogP) is 4.64. The van der Waals surface area contributed by atoms with E-state index in [1.165, 1.54) is 28.6 Å². The van der Waals surface area contributed by atoms with Crippen LogP contribution in [-0.2, 0) is 14.8 Å². The van der Waals surface area contributed by atoms with Gasteiger partial charge in [-0.05, 0) is 47.9 Å². The van der Waals surface area contributed by atoms with Crippen molar-refractivity contribution < 1.29 is 22.7 Å². The molecule has 0 fully saturated rings. The van der Waals surface area contributed by atoms with Crippen molar-refractivity contribution in [1.29, 1.82) is 0 Å². The van der Waals surface area contributed by atoms with Gasteiger partial charge in [0.1, 0.15) is 18.1 Å². The molecule has 0 saturated carbocycles. The molecule has 4 aromatic carbocycles. The Hall–Kier alpha value is -3.75. The number of hydrogen-bond donors (Lipinski definition) is 1. The van der Waals surface area contributed by atoms with Gasteiger partial charge < -0.3 is 14.8 Å². The molecule has 1 N–H and O–H groups in total. The zero-order valence-electron chi connectivity index (χ0n) is 19.1. The van der Waals surface area contributed by atoms with Gasteiger partial charge in [-0.3, -0.25) is 9.10 Å². The van der Waals surface area contributed by atoms with Gasteiger partial charge in [-0.2, -0.15) is 0 Å². The minimum Gasteiger partial charge on any atom is -0.491 e. The van der Waals surface area contributed by atoms with Gasteiger partial charge in [0, 0.05) is 10.4 Å². The highest BCUT2D eigenvalue weighted by molar-refractivity contribution is 7.92. The number of fused-ring (bicyclic) bond motifs is 2. The first kappa shape index (κ1) is 24.0. The van der Waals surface area contributed by atoms with Crippen LogP contribution in [0.3, 0.4) is 0 Å². The Bertz CT molecular complexity index is 1500. The molecule has 5 rings (SSSR count). The van der Waals surface area contributed by atoms with Gasteiger partial charge in [0.15, 0.2) is 6.10 Å². The zero-order valence-corrected chi connectivity index (χ0v) is 20.7. The number of halogens is 1. The lowest BCUT2D eigenvalue weighted by atomic mass is 10.1. The normalized spacial score (nSPS) is 15.1. The lowest BCUT2D eigenvalue weighted by Gasteiger charge is -2.34. The topological polar surface area (TPSA) is 84.9 Å². The summed E-state index contributed by atoms with van der Waals surface area (Å²) in [7, 11) is -3.95. The summed E-state index contributed by atoms with van der Waals surface area (Å²) < 4.78 is 39.8. The van der Waals surface area contributed by atoms with Gasteiger partial charge in [-0.1, -0.05) is 60.1 Å². The highest BCUT2D eigenvalue weighted by Gasteiger charge is 2.37. The van der Waals surface area contributed by atoms with Crippen molar-refractivity contribution in [1.82, 2.24) is 5.32 Å². The molecule has 1 unspecified atom stereocenters. The molecule has 1 amide bonds. The second-order valence-electron chi connectivity index (χ2n) is 8.18. The fraction of sp³-hybridized carbons (Fsp3) is 0.148. The molecule has 4 aromatic rings. The summed E-state index contributed by atoms with van der Waals surface area (Å²) in [6.45, 7) is 0.307. The number of amides is 1. The Morgan fingerprint density at radius 3 is 2.53 bits per heavy atom. The van der Waals surface area contributed by atoms with Crippen molar-refractivity contribution in [2.75, 3.05) is 24.0 Å². The number of ether oxygens (including phenoxy) is 2. The summed E-state index contributed by atoms with van der Waals surface area (Å²) in [5.41, 5.74) is 0.371. The fourth-order valence-electron chi connectivity index (χ4n) is 4.07. The monoisotopic (exact) mass is 522 g/mol. The number of anilines is 1. The molecular formula is C27H23ClN2O5S. The number of rotatable bonds is 7. The molecule has 7 nitrogen and oxygen atoms in total. The van der Waals surface area contributed by atoms with Crippen LogP contribution in [-0.4, -0.2) is 40.1 Å². The van der Waals surface area contributed by atoms with Crippen LogP contribution >= 0.6 is 11.6 Å². The first-order valence-corrected chi connectivity index (χ1v) is 13.2. The van der Waals surface area contributed by atoms with Crippen LogP contribution < -0.4 is 19.1 Å². The predicted molar refractivity (Wildman–Crippen MR) is 139 cm³/mol. The van der Waals surface area contributed by atoms with Crippen molar-refractivity contribution in [2.45, 2.75) is 11.0 Å². The number of hydrogen-bond acceptors (Lipinski definition) is 5. The van der Waals surface area contributed by atoms with Gasteiger partial charge in [-0.15, -0.1) is 0 Å². The van der Waals surface area contributed by atoms with E-state index in [0.29, 0.717) is 16.5 Å². The third-order valence-corrected chi connectivity index (χ3v) is 7.88. The third-order valence-electron chi connectivity index (χ3n) is 5.84. The quantitative estimate of drug-likeness (QED) is 0.357. The lowest BCUT2D eigenvalue weighted by Crippen LogP contribution is -2.51. The van der Waals surface area contributed by atoms with Crippen LogP contribution in [0, 0.1) is 0 Å². The molecule has 1 aliphatic heterocycles. The standard InChI is InChI=1S/C27H23ClN2O5S/c28-20-12-14-21(15-13-20)36(32,33)30-18-26(35-25-10-4-3-9-23(25)30)27(31)29-16-17-34-24-11-5-7-19-6-1-2-8-22(19)24/h1-15,26H,16-18H2,(H,29,31). The number of nitrogens with one attached hydrogen (secondary N) is 1. The highest BCUT2D eigenvalue weighted by Crippen LogP contribution is 2.37. The van der Waals surface area contributed by atoms with Crippen molar-refractivity contribution in [3.05, 3.63) is 96.0 Å². The smallest absolute Gasteiger partial charge is 0.264 e. The van der Waals surface area contributed by atoms with Crippen LogP contribution in [0.25, 0.3) is 10.8 Å². The Morgan fingerprint density at radius 1 is 0.972 bits per heavy atom. The SMILES string of the molecule is O=C(NCCOc1cccc2ccccc12)C1CN(S(=O)(=O)c2ccc(Cl)cc2)c2ccccc2O1. The summed E-state index contributed by atoms with van der Waals surface area (Å²) in [6, 6.07) is 26.3. The van der Waals surface area contributed by atoms with Crippen molar-refractivity contribution >= 4 is 44.0 Å². The van der Waals surface area contributed by atoms with Crippen LogP contribution in [0.2, 0.25) is 5.02 Å². The first-order chi connectivity index (χ1) is 17.4. The number of nitrogens with zero attached hydrogens (tertiary/aromatic N) is 1. The van der Waals surface area contributed by atoms with Crippen LogP contribution in [0.5, 0.6) is 11.5 Å². The highest BCUT2D eigenvalue weighted by atomic mass is 35.5. The van der Waals surface area contributed by atoms with Gasteiger partial charge in [-0.25, -0.2) is 8.42 Å². The third kappa shape index (κ3) is 4.82. The van der Waals surface area contributed by atoms with E-state index >= 15 is 0 Å². The molecule has 36 heavy (non-hydrogen) atoms. The van der Waals surface area contributed by atoms with Crippen LogP contribution in [0.15, 0.2) is 95.9 Å². The van der Waals surface area contributed by atoms with E-state index in [2.05, 4.69) is 5.32 Å². The number of carbonyl (C=O) groups excluding carboxylic acids is 1. The van der Waals surface area contributed by atoms with E-state index in [0.717, 1.165) is 16.5 Å².